The van der Waals surface area contributed by atoms with Crippen molar-refractivity contribution in [3.63, 3.8) is 0 Å². The molecule has 92 valence electrons. The van der Waals surface area contributed by atoms with Crippen LogP contribution >= 0.6 is 0 Å². The molecule has 0 atom stereocenters. The Morgan fingerprint density at radius 3 is 2.61 bits per heavy atom. The topological polar surface area (TPSA) is 97.4 Å². The predicted molar refractivity (Wildman–Crippen MR) is 65.7 cm³/mol. The number of fused-ring (bicyclic) bond motifs is 1. The van der Waals surface area contributed by atoms with Crippen molar-refractivity contribution in [2.24, 2.45) is 5.73 Å². The second-order valence-electron chi connectivity index (χ2n) is 3.57. The standard InChI is InChI=1S/C12H11N3O3/c1-7(14-15-12(17)11(13)16)10-6-8-4-2-3-5-9(8)18-10/h2-6,14H,1H2,(H2,13,16)(H,15,17). The summed E-state index contributed by atoms with van der Waals surface area (Å²) in [7, 11) is 0. The van der Waals surface area contributed by atoms with E-state index in [1.165, 1.54) is 0 Å². The minimum atomic E-state index is -1.08. The summed E-state index contributed by atoms with van der Waals surface area (Å²) in [5.41, 5.74) is 10.4. The molecule has 0 bridgehead atoms. The highest BCUT2D eigenvalue weighted by molar-refractivity contribution is 6.34. The summed E-state index contributed by atoms with van der Waals surface area (Å²) in [6.07, 6.45) is 0. The van der Waals surface area contributed by atoms with Crippen molar-refractivity contribution in [3.05, 3.63) is 42.7 Å². The van der Waals surface area contributed by atoms with Crippen molar-refractivity contribution in [2.75, 3.05) is 0 Å². The van der Waals surface area contributed by atoms with E-state index in [-0.39, 0.29) is 0 Å². The van der Waals surface area contributed by atoms with E-state index >= 15 is 0 Å². The Morgan fingerprint density at radius 2 is 1.94 bits per heavy atom. The van der Waals surface area contributed by atoms with Crippen molar-refractivity contribution >= 4 is 28.5 Å². The molecule has 4 N–H and O–H groups in total. The summed E-state index contributed by atoms with van der Waals surface area (Å²) < 4.78 is 5.49. The molecule has 0 saturated heterocycles. The Balaban J connectivity index is 2.09. The lowest BCUT2D eigenvalue weighted by Crippen LogP contribution is -2.43. The van der Waals surface area contributed by atoms with Crippen LogP contribution in [0.3, 0.4) is 0 Å². The molecule has 0 aliphatic rings. The molecule has 2 aromatic rings. The lowest BCUT2D eigenvalue weighted by molar-refractivity contribution is -0.137. The van der Waals surface area contributed by atoms with Crippen LogP contribution in [-0.2, 0) is 9.59 Å². The average Bonchev–Trinajstić information content (AvgIpc) is 2.79. The van der Waals surface area contributed by atoms with Gasteiger partial charge in [0, 0.05) is 5.39 Å². The van der Waals surface area contributed by atoms with Gasteiger partial charge in [-0.3, -0.25) is 20.4 Å². The SMILES string of the molecule is C=C(NNC(=O)C(N)=O)c1cc2ccccc2o1. The van der Waals surface area contributed by atoms with Gasteiger partial charge in [-0.15, -0.1) is 0 Å². The van der Waals surface area contributed by atoms with Crippen LogP contribution in [0, 0.1) is 0 Å². The predicted octanol–water partition coefficient (Wildman–Crippen LogP) is 0.510. The van der Waals surface area contributed by atoms with Gasteiger partial charge in [0.25, 0.3) is 0 Å². The zero-order chi connectivity index (χ0) is 13.1. The van der Waals surface area contributed by atoms with Crippen LogP contribution in [-0.4, -0.2) is 11.8 Å². The van der Waals surface area contributed by atoms with Crippen LogP contribution in [0.2, 0.25) is 0 Å². The van der Waals surface area contributed by atoms with Crippen LogP contribution < -0.4 is 16.6 Å². The molecule has 0 radical (unpaired) electrons. The van der Waals surface area contributed by atoms with Crippen molar-refractivity contribution in [1.82, 2.24) is 10.9 Å². The molecule has 18 heavy (non-hydrogen) atoms. The number of nitrogens with one attached hydrogen (secondary N) is 2. The van der Waals surface area contributed by atoms with Gasteiger partial charge < -0.3 is 10.2 Å². The smallest absolute Gasteiger partial charge is 0.327 e. The van der Waals surface area contributed by atoms with Gasteiger partial charge in [-0.25, -0.2) is 0 Å². The van der Waals surface area contributed by atoms with E-state index in [2.05, 4.69) is 17.4 Å². The molecular weight excluding hydrogens is 234 g/mol. The summed E-state index contributed by atoms with van der Waals surface area (Å²) in [5.74, 6) is -1.58. The lowest BCUT2D eigenvalue weighted by Gasteiger charge is -2.06. The summed E-state index contributed by atoms with van der Waals surface area (Å²) >= 11 is 0. The summed E-state index contributed by atoms with van der Waals surface area (Å²) in [4.78, 5) is 21.4. The minimum Gasteiger partial charge on any atom is -0.454 e. The van der Waals surface area contributed by atoms with E-state index in [0.29, 0.717) is 17.0 Å². The normalized spacial score (nSPS) is 10.0. The molecule has 2 rings (SSSR count). The van der Waals surface area contributed by atoms with Gasteiger partial charge in [0.15, 0.2) is 5.76 Å². The van der Waals surface area contributed by atoms with E-state index in [9.17, 15) is 9.59 Å². The van der Waals surface area contributed by atoms with Gasteiger partial charge in [0.2, 0.25) is 0 Å². The second-order valence-corrected chi connectivity index (χ2v) is 3.57. The van der Waals surface area contributed by atoms with E-state index in [1.54, 1.807) is 6.07 Å². The van der Waals surface area contributed by atoms with E-state index in [4.69, 9.17) is 10.2 Å². The van der Waals surface area contributed by atoms with Gasteiger partial charge in [-0.2, -0.15) is 0 Å². The largest absolute Gasteiger partial charge is 0.454 e. The number of nitrogens with two attached hydrogens (primary N) is 1. The van der Waals surface area contributed by atoms with Gasteiger partial charge >= 0.3 is 11.8 Å². The number of rotatable bonds is 3. The van der Waals surface area contributed by atoms with Gasteiger partial charge in [-0.1, -0.05) is 24.8 Å². The maximum atomic E-state index is 10.9. The number of hydrogen-bond acceptors (Lipinski definition) is 4. The van der Waals surface area contributed by atoms with Crippen LogP contribution in [0.25, 0.3) is 16.7 Å². The van der Waals surface area contributed by atoms with Crippen LogP contribution in [0.4, 0.5) is 0 Å². The number of carbonyl (C=O) groups excluding carboxylic acids is 2. The molecule has 1 aromatic heterocycles. The molecule has 0 fully saturated rings. The molecule has 0 aliphatic heterocycles. The monoisotopic (exact) mass is 245 g/mol. The molecule has 0 aliphatic carbocycles. The van der Waals surface area contributed by atoms with Crippen LogP contribution in [0.15, 0.2) is 41.3 Å². The van der Waals surface area contributed by atoms with E-state index in [1.807, 2.05) is 24.3 Å². The maximum Gasteiger partial charge on any atom is 0.327 e. The number of benzene rings is 1. The molecule has 1 aromatic carbocycles. The van der Waals surface area contributed by atoms with E-state index < -0.39 is 11.8 Å². The average molecular weight is 245 g/mol. The number of hydrazine groups is 1. The zero-order valence-corrected chi connectivity index (χ0v) is 9.40. The highest BCUT2D eigenvalue weighted by Gasteiger charge is 2.10. The van der Waals surface area contributed by atoms with Crippen LogP contribution in [0.1, 0.15) is 5.76 Å². The Kier molecular flexibility index (Phi) is 3.01. The first kappa shape index (κ1) is 11.7. The summed E-state index contributed by atoms with van der Waals surface area (Å²) in [5, 5.41) is 0.914. The highest BCUT2D eigenvalue weighted by Crippen LogP contribution is 2.21. The Bertz CT molecular complexity index is 597. The summed E-state index contributed by atoms with van der Waals surface area (Å²) in [6.45, 7) is 3.68. The molecule has 1 heterocycles. The van der Waals surface area contributed by atoms with Gasteiger partial charge in [0.1, 0.15) is 5.58 Å². The molecule has 6 heteroatoms. The number of para-hydroxylation sites is 1. The van der Waals surface area contributed by atoms with Crippen molar-refractivity contribution in [1.29, 1.82) is 0 Å². The fourth-order valence-corrected chi connectivity index (χ4v) is 1.39. The third-order valence-corrected chi connectivity index (χ3v) is 2.27. The van der Waals surface area contributed by atoms with Crippen LogP contribution in [0.5, 0.6) is 0 Å². The third-order valence-electron chi connectivity index (χ3n) is 2.27. The lowest BCUT2D eigenvalue weighted by atomic mass is 10.2. The van der Waals surface area contributed by atoms with E-state index in [0.717, 1.165) is 5.39 Å². The summed E-state index contributed by atoms with van der Waals surface area (Å²) in [6, 6.07) is 9.19. The third kappa shape index (κ3) is 2.32. The quantitative estimate of drug-likeness (QED) is 0.542. The first-order chi connectivity index (χ1) is 8.58. The first-order valence-corrected chi connectivity index (χ1v) is 5.11. The second kappa shape index (κ2) is 4.62. The Hall–Kier alpha value is -2.76. The molecule has 0 spiro atoms. The number of hydrogen-bond donors (Lipinski definition) is 3. The van der Waals surface area contributed by atoms with Crippen molar-refractivity contribution < 1.29 is 14.0 Å². The molecule has 0 saturated carbocycles. The molecule has 6 nitrogen and oxygen atoms in total. The number of furan rings is 1. The highest BCUT2D eigenvalue weighted by atomic mass is 16.3. The van der Waals surface area contributed by atoms with Crippen molar-refractivity contribution in [3.8, 4) is 0 Å². The zero-order valence-electron chi connectivity index (χ0n) is 9.40. The Morgan fingerprint density at radius 1 is 1.22 bits per heavy atom. The number of amides is 2. The molecular formula is C12H11N3O3. The van der Waals surface area contributed by atoms with Gasteiger partial charge in [-0.05, 0) is 12.1 Å². The maximum absolute atomic E-state index is 10.9. The fraction of sp³-hybridized carbons (Fsp3) is 0. The van der Waals surface area contributed by atoms with Gasteiger partial charge in [0.05, 0.1) is 5.70 Å². The molecule has 2 amide bonds. The fourth-order valence-electron chi connectivity index (χ4n) is 1.39. The first-order valence-electron chi connectivity index (χ1n) is 5.11. The number of primary amides is 1. The number of carbonyl (C=O) groups is 2. The minimum absolute atomic E-state index is 0.320. The van der Waals surface area contributed by atoms with Crippen molar-refractivity contribution in [2.45, 2.75) is 0 Å². The molecule has 0 unspecified atom stereocenters. The Labute approximate surface area is 102 Å².